The van der Waals surface area contributed by atoms with Crippen LogP contribution in [-0.4, -0.2) is 36.0 Å². The number of carbonyl (C=O) groups is 1. The first-order chi connectivity index (χ1) is 5.90. The predicted octanol–water partition coefficient (Wildman–Crippen LogP) is 2.03. The lowest BCUT2D eigenvalue weighted by atomic mass is 10.4. The van der Waals surface area contributed by atoms with Crippen molar-refractivity contribution in [3.63, 3.8) is 0 Å². The van der Waals surface area contributed by atoms with Gasteiger partial charge in [0, 0.05) is 18.8 Å². The Labute approximate surface area is 79.7 Å². The molecule has 0 unspecified atom stereocenters. The van der Waals surface area contributed by atoms with Crippen LogP contribution in [0.15, 0.2) is 0 Å². The van der Waals surface area contributed by atoms with Gasteiger partial charge in [-0.2, -0.15) is 13.2 Å². The maximum absolute atomic E-state index is 11.9. The summed E-state index contributed by atoms with van der Waals surface area (Å²) in [6, 6.07) is 0. The molecule has 0 bridgehead atoms. The number of alkyl halides is 4. The summed E-state index contributed by atoms with van der Waals surface area (Å²) in [6.07, 6.45) is -4.29. The molecule has 0 aliphatic rings. The third kappa shape index (κ3) is 5.74. The minimum atomic E-state index is -4.35. The molecule has 0 saturated carbocycles. The highest BCUT2D eigenvalue weighted by Crippen LogP contribution is 2.16. The fourth-order valence-electron chi connectivity index (χ4n) is 0.834. The van der Waals surface area contributed by atoms with Gasteiger partial charge in [-0.15, -0.1) is 11.6 Å². The SMILES string of the molecule is CCC(=O)N(CCCl)CC(F)(F)F. The molecule has 0 aromatic heterocycles. The molecule has 0 spiro atoms. The molecular weight excluding hydrogens is 207 g/mol. The summed E-state index contributed by atoms with van der Waals surface area (Å²) in [7, 11) is 0. The largest absolute Gasteiger partial charge is 0.406 e. The van der Waals surface area contributed by atoms with Gasteiger partial charge >= 0.3 is 6.18 Å². The van der Waals surface area contributed by atoms with Gasteiger partial charge in [0.1, 0.15) is 6.54 Å². The van der Waals surface area contributed by atoms with Crippen molar-refractivity contribution in [3.8, 4) is 0 Å². The Bertz CT molecular complexity index is 172. The van der Waals surface area contributed by atoms with Crippen LogP contribution in [-0.2, 0) is 4.79 Å². The van der Waals surface area contributed by atoms with Crippen molar-refractivity contribution in [2.75, 3.05) is 19.0 Å². The van der Waals surface area contributed by atoms with E-state index in [1.807, 2.05) is 0 Å². The molecule has 0 atom stereocenters. The molecule has 0 N–H and O–H groups in total. The Morgan fingerprint density at radius 3 is 2.31 bits per heavy atom. The quantitative estimate of drug-likeness (QED) is 0.660. The number of rotatable bonds is 4. The van der Waals surface area contributed by atoms with Crippen molar-refractivity contribution in [1.82, 2.24) is 4.90 Å². The van der Waals surface area contributed by atoms with Gasteiger partial charge in [-0.3, -0.25) is 4.79 Å². The number of halogens is 4. The summed E-state index contributed by atoms with van der Waals surface area (Å²) < 4.78 is 35.7. The summed E-state index contributed by atoms with van der Waals surface area (Å²) in [5.74, 6) is -0.514. The van der Waals surface area contributed by atoms with E-state index in [-0.39, 0.29) is 18.8 Å². The summed E-state index contributed by atoms with van der Waals surface area (Å²) in [4.78, 5) is 11.7. The average molecular weight is 218 g/mol. The van der Waals surface area contributed by atoms with Gasteiger partial charge in [-0.1, -0.05) is 6.92 Å². The summed E-state index contributed by atoms with van der Waals surface area (Å²) >= 11 is 5.26. The first-order valence-corrected chi connectivity index (χ1v) is 4.34. The molecule has 1 amide bonds. The van der Waals surface area contributed by atoms with Gasteiger partial charge in [0.25, 0.3) is 0 Å². The summed E-state index contributed by atoms with van der Waals surface area (Å²) in [6.45, 7) is 0.236. The lowest BCUT2D eigenvalue weighted by Crippen LogP contribution is -2.39. The van der Waals surface area contributed by atoms with E-state index in [9.17, 15) is 18.0 Å². The minimum Gasteiger partial charge on any atom is -0.332 e. The third-order valence-corrected chi connectivity index (χ3v) is 1.55. The monoisotopic (exact) mass is 217 g/mol. The molecule has 0 saturated heterocycles. The fraction of sp³-hybridized carbons (Fsp3) is 0.857. The molecule has 13 heavy (non-hydrogen) atoms. The van der Waals surface area contributed by atoms with Crippen molar-refractivity contribution in [3.05, 3.63) is 0 Å². The van der Waals surface area contributed by atoms with Crippen LogP contribution in [0.5, 0.6) is 0 Å². The van der Waals surface area contributed by atoms with E-state index in [4.69, 9.17) is 11.6 Å². The second kappa shape index (κ2) is 5.32. The Kier molecular flexibility index (Phi) is 5.13. The van der Waals surface area contributed by atoms with Crippen molar-refractivity contribution >= 4 is 17.5 Å². The number of hydrogen-bond donors (Lipinski definition) is 0. The Morgan fingerprint density at radius 1 is 1.46 bits per heavy atom. The van der Waals surface area contributed by atoms with Crippen molar-refractivity contribution < 1.29 is 18.0 Å². The van der Waals surface area contributed by atoms with E-state index < -0.39 is 18.6 Å². The van der Waals surface area contributed by atoms with E-state index in [0.717, 1.165) is 0 Å². The highest BCUT2D eigenvalue weighted by atomic mass is 35.5. The zero-order chi connectivity index (χ0) is 10.5. The second-order valence-electron chi connectivity index (χ2n) is 2.47. The van der Waals surface area contributed by atoms with Crippen molar-refractivity contribution in [2.45, 2.75) is 19.5 Å². The first kappa shape index (κ1) is 12.6. The molecule has 2 nitrogen and oxygen atoms in total. The number of nitrogens with zero attached hydrogens (tertiary/aromatic N) is 1. The molecule has 0 rings (SSSR count). The number of hydrogen-bond acceptors (Lipinski definition) is 1. The normalized spacial score (nSPS) is 11.5. The van der Waals surface area contributed by atoms with E-state index >= 15 is 0 Å². The molecule has 78 valence electrons. The van der Waals surface area contributed by atoms with Gasteiger partial charge in [0.2, 0.25) is 5.91 Å². The smallest absolute Gasteiger partial charge is 0.332 e. The number of carbonyl (C=O) groups excluding carboxylic acids is 1. The molecule has 0 radical (unpaired) electrons. The molecule has 0 heterocycles. The van der Waals surface area contributed by atoms with Crippen LogP contribution >= 0.6 is 11.6 Å². The van der Waals surface area contributed by atoms with Crippen molar-refractivity contribution in [1.29, 1.82) is 0 Å². The molecule has 0 fully saturated rings. The topological polar surface area (TPSA) is 20.3 Å². The van der Waals surface area contributed by atoms with Crippen LogP contribution < -0.4 is 0 Å². The lowest BCUT2D eigenvalue weighted by Gasteiger charge is -2.22. The van der Waals surface area contributed by atoms with Crippen LogP contribution in [0.25, 0.3) is 0 Å². The van der Waals surface area contributed by atoms with Crippen LogP contribution in [0, 0.1) is 0 Å². The van der Waals surface area contributed by atoms with Crippen LogP contribution in [0.4, 0.5) is 13.2 Å². The van der Waals surface area contributed by atoms with Gasteiger partial charge in [-0.25, -0.2) is 0 Å². The van der Waals surface area contributed by atoms with Gasteiger partial charge in [-0.05, 0) is 0 Å². The average Bonchev–Trinajstić information content (AvgIpc) is 2.00. The van der Waals surface area contributed by atoms with E-state index in [1.165, 1.54) is 6.92 Å². The molecule has 0 aromatic carbocycles. The maximum atomic E-state index is 11.9. The fourth-order valence-corrected chi connectivity index (χ4v) is 1.04. The minimum absolute atomic E-state index is 0.0157. The summed E-state index contributed by atoms with van der Waals surface area (Å²) in [5, 5.41) is 0. The van der Waals surface area contributed by atoms with Gasteiger partial charge in [0.15, 0.2) is 0 Å². The standard InChI is InChI=1S/C7H11ClF3NO/c1-2-6(13)12(4-3-8)5-7(9,10)11/h2-5H2,1H3. The molecule has 0 aromatic rings. The van der Waals surface area contributed by atoms with Crippen LogP contribution in [0.1, 0.15) is 13.3 Å². The van der Waals surface area contributed by atoms with Gasteiger partial charge in [0.05, 0.1) is 0 Å². The molecule has 6 heteroatoms. The Balaban J connectivity index is 4.17. The van der Waals surface area contributed by atoms with Crippen molar-refractivity contribution in [2.24, 2.45) is 0 Å². The van der Waals surface area contributed by atoms with E-state index in [1.54, 1.807) is 0 Å². The molecule has 0 aliphatic carbocycles. The Morgan fingerprint density at radius 2 is 2.00 bits per heavy atom. The highest BCUT2D eigenvalue weighted by molar-refractivity contribution is 6.18. The van der Waals surface area contributed by atoms with Crippen LogP contribution in [0.2, 0.25) is 0 Å². The predicted molar refractivity (Wildman–Crippen MR) is 43.6 cm³/mol. The molecule has 0 aliphatic heterocycles. The van der Waals surface area contributed by atoms with Crippen LogP contribution in [0.3, 0.4) is 0 Å². The summed E-state index contributed by atoms with van der Waals surface area (Å²) in [5.41, 5.74) is 0. The first-order valence-electron chi connectivity index (χ1n) is 3.81. The van der Waals surface area contributed by atoms with E-state index in [0.29, 0.717) is 4.90 Å². The Hall–Kier alpha value is -0.450. The lowest BCUT2D eigenvalue weighted by molar-refractivity contribution is -0.160. The van der Waals surface area contributed by atoms with E-state index in [2.05, 4.69) is 0 Å². The third-order valence-electron chi connectivity index (χ3n) is 1.38. The number of amides is 1. The second-order valence-corrected chi connectivity index (χ2v) is 2.85. The highest BCUT2D eigenvalue weighted by Gasteiger charge is 2.32. The zero-order valence-electron chi connectivity index (χ0n) is 7.20. The van der Waals surface area contributed by atoms with Gasteiger partial charge < -0.3 is 4.90 Å². The zero-order valence-corrected chi connectivity index (χ0v) is 7.95. The molecular formula is C7H11ClF3NO. The maximum Gasteiger partial charge on any atom is 0.406 e.